The highest BCUT2D eigenvalue weighted by molar-refractivity contribution is 5.86. The van der Waals surface area contributed by atoms with Crippen LogP contribution in [0, 0.1) is 17.3 Å². The molecule has 13 heavy (non-hydrogen) atoms. The summed E-state index contributed by atoms with van der Waals surface area (Å²) in [6.45, 7) is 6.20. The molecule has 1 aliphatic rings. The molecule has 0 aromatic carbocycles. The maximum absolute atomic E-state index is 11.8. The predicted molar refractivity (Wildman–Crippen MR) is 52.4 cm³/mol. The van der Waals surface area contributed by atoms with Gasteiger partial charge in [-0.1, -0.05) is 20.8 Å². The van der Waals surface area contributed by atoms with E-state index in [-0.39, 0.29) is 18.3 Å². The number of hydrogen-bond acceptors (Lipinski definition) is 2. The molecular weight excluding hydrogens is 164 g/mol. The summed E-state index contributed by atoms with van der Waals surface area (Å²) >= 11 is 0. The van der Waals surface area contributed by atoms with Crippen molar-refractivity contribution in [1.29, 1.82) is 0 Å². The van der Waals surface area contributed by atoms with E-state index < -0.39 is 5.41 Å². The van der Waals surface area contributed by atoms with Crippen LogP contribution in [-0.2, 0) is 4.79 Å². The van der Waals surface area contributed by atoms with Gasteiger partial charge < -0.3 is 5.11 Å². The Kier molecular flexibility index (Phi) is 3.12. The van der Waals surface area contributed by atoms with Gasteiger partial charge >= 0.3 is 0 Å². The Morgan fingerprint density at radius 3 is 2.62 bits per heavy atom. The molecule has 0 spiro atoms. The van der Waals surface area contributed by atoms with Crippen LogP contribution in [0.5, 0.6) is 0 Å². The molecule has 76 valence electrons. The van der Waals surface area contributed by atoms with E-state index in [9.17, 15) is 9.90 Å². The zero-order valence-electron chi connectivity index (χ0n) is 8.84. The van der Waals surface area contributed by atoms with Gasteiger partial charge in [0.05, 0.1) is 12.0 Å². The normalized spacial score (nSPS) is 35.5. The van der Waals surface area contributed by atoms with Gasteiger partial charge in [0, 0.05) is 6.42 Å². The number of ketones is 1. The van der Waals surface area contributed by atoms with E-state index in [0.29, 0.717) is 12.3 Å². The lowest BCUT2D eigenvalue weighted by Crippen LogP contribution is -2.43. The molecule has 1 N–H and O–H groups in total. The number of carbonyl (C=O) groups excluding carboxylic acids is 1. The van der Waals surface area contributed by atoms with Crippen molar-refractivity contribution in [1.82, 2.24) is 0 Å². The number of Topliss-reactive ketones (excluding diaryl/α,β-unsaturated/α-hetero) is 1. The average Bonchev–Trinajstić information content (AvgIpc) is 2.04. The Labute approximate surface area is 80.3 Å². The monoisotopic (exact) mass is 184 g/mol. The van der Waals surface area contributed by atoms with E-state index in [2.05, 4.69) is 6.92 Å². The summed E-state index contributed by atoms with van der Waals surface area (Å²) in [7, 11) is 0. The zero-order chi connectivity index (χ0) is 10.1. The lowest BCUT2D eigenvalue weighted by atomic mass is 9.64. The van der Waals surface area contributed by atoms with Gasteiger partial charge in [0.25, 0.3) is 0 Å². The third-order valence-corrected chi connectivity index (χ3v) is 3.56. The molecule has 0 amide bonds. The lowest BCUT2D eigenvalue weighted by Gasteiger charge is -2.39. The molecule has 0 radical (unpaired) electrons. The van der Waals surface area contributed by atoms with Gasteiger partial charge in [0.1, 0.15) is 5.78 Å². The third kappa shape index (κ3) is 1.78. The Hall–Kier alpha value is -0.370. The summed E-state index contributed by atoms with van der Waals surface area (Å²) in [5.74, 6) is 1.03. The van der Waals surface area contributed by atoms with Crippen LogP contribution >= 0.6 is 0 Å². The molecule has 2 atom stereocenters. The minimum absolute atomic E-state index is 0.0240. The molecule has 1 fully saturated rings. The fourth-order valence-electron chi connectivity index (χ4n) is 2.23. The van der Waals surface area contributed by atoms with Crippen LogP contribution in [-0.4, -0.2) is 17.5 Å². The summed E-state index contributed by atoms with van der Waals surface area (Å²) < 4.78 is 0. The first-order valence-electron chi connectivity index (χ1n) is 5.17. The zero-order valence-corrected chi connectivity index (χ0v) is 8.84. The first-order chi connectivity index (χ1) is 6.03. The Morgan fingerprint density at radius 2 is 2.23 bits per heavy atom. The van der Waals surface area contributed by atoms with Crippen LogP contribution in [0.1, 0.15) is 40.0 Å². The molecule has 0 aliphatic heterocycles. The van der Waals surface area contributed by atoms with Crippen molar-refractivity contribution in [3.63, 3.8) is 0 Å². The van der Waals surface area contributed by atoms with Crippen LogP contribution in [0.4, 0.5) is 0 Å². The Morgan fingerprint density at radius 1 is 1.62 bits per heavy atom. The number of hydrogen-bond donors (Lipinski definition) is 1. The van der Waals surface area contributed by atoms with E-state index in [1.54, 1.807) is 0 Å². The number of rotatable bonds is 2. The minimum Gasteiger partial charge on any atom is -0.395 e. The van der Waals surface area contributed by atoms with Crippen LogP contribution in [0.25, 0.3) is 0 Å². The second kappa shape index (κ2) is 3.79. The van der Waals surface area contributed by atoms with Crippen molar-refractivity contribution in [2.45, 2.75) is 40.0 Å². The summed E-state index contributed by atoms with van der Waals surface area (Å²) in [6, 6.07) is 0. The van der Waals surface area contributed by atoms with E-state index in [4.69, 9.17) is 0 Å². The minimum atomic E-state index is -0.424. The van der Waals surface area contributed by atoms with Crippen LogP contribution in [0.15, 0.2) is 0 Å². The highest BCUT2D eigenvalue weighted by atomic mass is 16.3. The summed E-state index contributed by atoms with van der Waals surface area (Å²) in [6.07, 6.45) is 2.59. The lowest BCUT2D eigenvalue weighted by molar-refractivity contribution is -0.139. The SMILES string of the molecule is CC1CCC(CO)(C(C)C)C(=O)C1. The molecule has 1 aliphatic carbocycles. The molecule has 0 aromatic heterocycles. The smallest absolute Gasteiger partial charge is 0.141 e. The topological polar surface area (TPSA) is 37.3 Å². The molecule has 0 saturated heterocycles. The summed E-state index contributed by atoms with van der Waals surface area (Å²) in [5.41, 5.74) is -0.424. The van der Waals surface area contributed by atoms with Gasteiger partial charge in [-0.3, -0.25) is 4.79 Å². The molecule has 0 heterocycles. The van der Waals surface area contributed by atoms with E-state index in [0.717, 1.165) is 12.8 Å². The molecule has 2 unspecified atom stereocenters. The van der Waals surface area contributed by atoms with Crippen molar-refractivity contribution in [2.75, 3.05) is 6.61 Å². The maximum Gasteiger partial charge on any atom is 0.141 e. The maximum atomic E-state index is 11.8. The fourth-order valence-corrected chi connectivity index (χ4v) is 2.23. The standard InChI is InChI=1S/C11H20O2/c1-8(2)11(7-12)5-4-9(3)6-10(11)13/h8-9,12H,4-7H2,1-3H3. The second-order valence-corrected chi connectivity index (χ2v) is 4.74. The average molecular weight is 184 g/mol. The van der Waals surface area contributed by atoms with Crippen molar-refractivity contribution in [3.8, 4) is 0 Å². The van der Waals surface area contributed by atoms with Crippen LogP contribution < -0.4 is 0 Å². The molecule has 0 aromatic rings. The fraction of sp³-hybridized carbons (Fsp3) is 0.909. The van der Waals surface area contributed by atoms with Gasteiger partial charge in [-0.25, -0.2) is 0 Å². The van der Waals surface area contributed by atoms with Crippen molar-refractivity contribution < 1.29 is 9.90 Å². The summed E-state index contributed by atoms with van der Waals surface area (Å²) in [4.78, 5) is 11.8. The quantitative estimate of drug-likeness (QED) is 0.712. The largest absolute Gasteiger partial charge is 0.395 e. The summed E-state index contributed by atoms with van der Waals surface area (Å²) in [5, 5.41) is 9.35. The molecule has 0 bridgehead atoms. The molecule has 2 nitrogen and oxygen atoms in total. The molecule has 2 heteroatoms. The molecule has 1 rings (SSSR count). The van der Waals surface area contributed by atoms with E-state index in [1.807, 2.05) is 13.8 Å². The van der Waals surface area contributed by atoms with Crippen molar-refractivity contribution >= 4 is 5.78 Å². The third-order valence-electron chi connectivity index (χ3n) is 3.56. The van der Waals surface area contributed by atoms with E-state index in [1.165, 1.54) is 0 Å². The van der Waals surface area contributed by atoms with Gasteiger partial charge in [0.15, 0.2) is 0 Å². The van der Waals surface area contributed by atoms with Gasteiger partial charge in [-0.2, -0.15) is 0 Å². The molecular formula is C11H20O2. The number of aliphatic hydroxyl groups is 1. The highest BCUT2D eigenvalue weighted by Gasteiger charge is 2.43. The van der Waals surface area contributed by atoms with Crippen LogP contribution in [0.2, 0.25) is 0 Å². The van der Waals surface area contributed by atoms with Crippen molar-refractivity contribution in [3.05, 3.63) is 0 Å². The highest BCUT2D eigenvalue weighted by Crippen LogP contribution is 2.41. The first kappa shape index (κ1) is 10.7. The van der Waals surface area contributed by atoms with E-state index >= 15 is 0 Å². The Bertz CT molecular complexity index is 198. The predicted octanol–water partition coefficient (Wildman–Crippen LogP) is 2.01. The van der Waals surface area contributed by atoms with Gasteiger partial charge in [-0.05, 0) is 24.7 Å². The first-order valence-corrected chi connectivity index (χ1v) is 5.17. The van der Waals surface area contributed by atoms with Gasteiger partial charge in [-0.15, -0.1) is 0 Å². The van der Waals surface area contributed by atoms with Gasteiger partial charge in [0.2, 0.25) is 0 Å². The van der Waals surface area contributed by atoms with Crippen LogP contribution in [0.3, 0.4) is 0 Å². The Balaban J connectivity index is 2.81. The molecule has 1 saturated carbocycles. The number of aliphatic hydroxyl groups excluding tert-OH is 1. The number of carbonyl (C=O) groups is 1. The van der Waals surface area contributed by atoms with Crippen molar-refractivity contribution in [2.24, 2.45) is 17.3 Å². The second-order valence-electron chi connectivity index (χ2n) is 4.74.